The molecule has 0 aliphatic rings. The molecule has 0 saturated heterocycles. The minimum absolute atomic E-state index is 0.0196. The van der Waals surface area contributed by atoms with Crippen LogP contribution in [-0.4, -0.2) is 31.7 Å². The summed E-state index contributed by atoms with van der Waals surface area (Å²) < 4.78 is 1.50. The van der Waals surface area contributed by atoms with Gasteiger partial charge in [0.1, 0.15) is 0 Å². The first-order chi connectivity index (χ1) is 9.15. The number of nitrogens with zero attached hydrogens (tertiary/aromatic N) is 4. The summed E-state index contributed by atoms with van der Waals surface area (Å²) in [4.78, 5) is 19.7. The summed E-state index contributed by atoms with van der Waals surface area (Å²) in [5.74, 6) is 0.379. The molecule has 0 radical (unpaired) electrons. The molecule has 0 bridgehead atoms. The second kappa shape index (κ2) is 6.05. The van der Waals surface area contributed by atoms with Gasteiger partial charge in [-0.3, -0.25) is 4.79 Å². The highest BCUT2D eigenvalue weighted by atomic mass is 16.1. The van der Waals surface area contributed by atoms with Crippen LogP contribution in [-0.2, 0) is 4.79 Å². The lowest BCUT2D eigenvalue weighted by molar-refractivity contribution is -0.116. The molecule has 1 amide bonds. The average Bonchev–Trinajstić information content (AvgIpc) is 2.86. The summed E-state index contributed by atoms with van der Waals surface area (Å²) in [5.41, 5.74) is 6.21. The zero-order valence-electron chi connectivity index (χ0n) is 10.7. The molecule has 2 heterocycles. The van der Waals surface area contributed by atoms with E-state index in [0.717, 1.165) is 0 Å². The van der Waals surface area contributed by atoms with Gasteiger partial charge in [-0.25, -0.2) is 14.6 Å². The molecule has 100 valence electrons. The topological polar surface area (TPSA) is 98.7 Å². The Morgan fingerprint density at radius 3 is 2.89 bits per heavy atom. The minimum atomic E-state index is -0.0779. The maximum Gasteiger partial charge on any atom is 0.250 e. The highest BCUT2D eigenvalue weighted by Gasteiger charge is 2.07. The summed E-state index contributed by atoms with van der Waals surface area (Å²) in [6, 6.07) is 1.75. The largest absolute Gasteiger partial charge is 0.328 e. The molecule has 0 aliphatic carbocycles. The van der Waals surface area contributed by atoms with E-state index in [0.29, 0.717) is 24.5 Å². The molecule has 0 spiro atoms. The predicted molar refractivity (Wildman–Crippen MR) is 70.7 cm³/mol. The van der Waals surface area contributed by atoms with Crippen LogP contribution in [0, 0.1) is 0 Å². The van der Waals surface area contributed by atoms with Crippen molar-refractivity contribution in [1.82, 2.24) is 19.7 Å². The molecule has 0 saturated carbocycles. The quantitative estimate of drug-likeness (QED) is 0.825. The van der Waals surface area contributed by atoms with Crippen LogP contribution in [0.4, 0.5) is 5.69 Å². The standard InChI is InChI=1S/C12H16N6O/c1-9(13)3-4-11(19)17-10-7-16-18(8-10)12-14-5-2-6-15-12/h2,5-9H,3-4,13H2,1H3,(H,17,19). The van der Waals surface area contributed by atoms with Crippen molar-refractivity contribution >= 4 is 11.6 Å². The highest BCUT2D eigenvalue weighted by molar-refractivity contribution is 5.90. The monoisotopic (exact) mass is 260 g/mol. The van der Waals surface area contributed by atoms with E-state index in [4.69, 9.17) is 5.73 Å². The smallest absolute Gasteiger partial charge is 0.250 e. The number of aromatic nitrogens is 4. The first-order valence-corrected chi connectivity index (χ1v) is 6.02. The Hall–Kier alpha value is -2.28. The van der Waals surface area contributed by atoms with Crippen LogP contribution in [0.5, 0.6) is 0 Å². The van der Waals surface area contributed by atoms with Gasteiger partial charge in [-0.15, -0.1) is 0 Å². The minimum Gasteiger partial charge on any atom is -0.328 e. The van der Waals surface area contributed by atoms with Gasteiger partial charge in [0.25, 0.3) is 0 Å². The molecule has 1 unspecified atom stereocenters. The Bertz CT molecular complexity index is 536. The third kappa shape index (κ3) is 3.85. The normalized spacial score (nSPS) is 12.1. The van der Waals surface area contributed by atoms with E-state index in [1.54, 1.807) is 30.9 Å². The predicted octanol–water partition coefficient (Wildman–Crippen LogP) is 0.728. The summed E-state index contributed by atoms with van der Waals surface area (Å²) in [6.45, 7) is 1.87. The van der Waals surface area contributed by atoms with Crippen LogP contribution >= 0.6 is 0 Å². The lowest BCUT2D eigenvalue weighted by Crippen LogP contribution is -2.19. The van der Waals surface area contributed by atoms with Gasteiger partial charge in [-0.2, -0.15) is 5.10 Å². The van der Waals surface area contributed by atoms with Gasteiger partial charge in [0.2, 0.25) is 11.9 Å². The number of carbonyl (C=O) groups is 1. The Kier molecular flexibility index (Phi) is 4.19. The molecule has 19 heavy (non-hydrogen) atoms. The lowest BCUT2D eigenvalue weighted by atomic mass is 10.2. The van der Waals surface area contributed by atoms with Crippen LogP contribution in [0.25, 0.3) is 5.95 Å². The second-order valence-electron chi connectivity index (χ2n) is 4.29. The van der Waals surface area contributed by atoms with Crippen molar-refractivity contribution in [2.45, 2.75) is 25.8 Å². The van der Waals surface area contributed by atoms with Gasteiger partial charge >= 0.3 is 0 Å². The Labute approximate surface area is 110 Å². The van der Waals surface area contributed by atoms with E-state index >= 15 is 0 Å². The van der Waals surface area contributed by atoms with E-state index in [9.17, 15) is 4.79 Å². The lowest BCUT2D eigenvalue weighted by Gasteiger charge is -2.04. The van der Waals surface area contributed by atoms with Gasteiger partial charge < -0.3 is 11.1 Å². The fourth-order valence-corrected chi connectivity index (χ4v) is 1.49. The maximum absolute atomic E-state index is 11.6. The SMILES string of the molecule is CC(N)CCC(=O)Nc1cnn(-c2ncccn2)c1. The number of amides is 1. The van der Waals surface area contributed by atoms with Gasteiger partial charge in [-0.05, 0) is 19.4 Å². The van der Waals surface area contributed by atoms with Gasteiger partial charge in [0.15, 0.2) is 0 Å². The third-order valence-corrected chi connectivity index (χ3v) is 2.45. The van der Waals surface area contributed by atoms with Crippen molar-refractivity contribution in [3.63, 3.8) is 0 Å². The van der Waals surface area contributed by atoms with Gasteiger partial charge in [-0.1, -0.05) is 0 Å². The van der Waals surface area contributed by atoms with Crippen molar-refractivity contribution < 1.29 is 4.79 Å². The molecule has 2 aromatic heterocycles. The zero-order chi connectivity index (χ0) is 13.7. The Morgan fingerprint density at radius 2 is 2.21 bits per heavy atom. The van der Waals surface area contributed by atoms with E-state index in [2.05, 4.69) is 20.4 Å². The number of hydrogen-bond acceptors (Lipinski definition) is 5. The van der Waals surface area contributed by atoms with E-state index in [1.165, 1.54) is 4.68 Å². The van der Waals surface area contributed by atoms with E-state index in [1.807, 2.05) is 6.92 Å². The molecule has 0 aromatic carbocycles. The van der Waals surface area contributed by atoms with Crippen molar-refractivity contribution in [2.24, 2.45) is 5.73 Å². The molecule has 2 rings (SSSR count). The number of rotatable bonds is 5. The van der Waals surface area contributed by atoms with Crippen LogP contribution in [0.2, 0.25) is 0 Å². The average molecular weight is 260 g/mol. The van der Waals surface area contributed by atoms with Crippen LogP contribution < -0.4 is 11.1 Å². The summed E-state index contributed by atoms with van der Waals surface area (Å²) in [5, 5.41) is 6.84. The van der Waals surface area contributed by atoms with Gasteiger partial charge in [0.05, 0.1) is 18.1 Å². The van der Waals surface area contributed by atoms with Crippen molar-refractivity contribution in [3.8, 4) is 5.95 Å². The van der Waals surface area contributed by atoms with Gasteiger partial charge in [0, 0.05) is 24.9 Å². The van der Waals surface area contributed by atoms with Crippen LogP contribution in [0.3, 0.4) is 0 Å². The molecular weight excluding hydrogens is 244 g/mol. The van der Waals surface area contributed by atoms with Crippen molar-refractivity contribution in [3.05, 3.63) is 30.9 Å². The number of carbonyl (C=O) groups excluding carboxylic acids is 1. The molecule has 7 heteroatoms. The zero-order valence-corrected chi connectivity index (χ0v) is 10.7. The molecule has 7 nitrogen and oxygen atoms in total. The highest BCUT2D eigenvalue weighted by Crippen LogP contribution is 2.08. The van der Waals surface area contributed by atoms with Crippen molar-refractivity contribution in [2.75, 3.05) is 5.32 Å². The summed E-state index contributed by atoms with van der Waals surface area (Å²) >= 11 is 0. The van der Waals surface area contributed by atoms with E-state index in [-0.39, 0.29) is 11.9 Å². The Morgan fingerprint density at radius 1 is 1.47 bits per heavy atom. The summed E-state index contributed by atoms with van der Waals surface area (Å²) in [7, 11) is 0. The fourth-order valence-electron chi connectivity index (χ4n) is 1.49. The molecule has 0 fully saturated rings. The van der Waals surface area contributed by atoms with Crippen molar-refractivity contribution in [1.29, 1.82) is 0 Å². The second-order valence-corrected chi connectivity index (χ2v) is 4.29. The van der Waals surface area contributed by atoms with E-state index < -0.39 is 0 Å². The maximum atomic E-state index is 11.6. The molecular formula is C12H16N6O. The molecule has 3 N–H and O–H groups in total. The number of anilines is 1. The summed E-state index contributed by atoms with van der Waals surface area (Å²) in [6.07, 6.45) is 7.53. The Balaban J connectivity index is 1.96. The van der Waals surface area contributed by atoms with Crippen LogP contribution in [0.15, 0.2) is 30.9 Å². The number of hydrogen-bond donors (Lipinski definition) is 2. The number of nitrogens with two attached hydrogens (primary N) is 1. The molecule has 1 atom stereocenters. The third-order valence-electron chi connectivity index (χ3n) is 2.45. The first kappa shape index (κ1) is 13.2. The fraction of sp³-hybridized carbons (Fsp3) is 0.333. The molecule has 2 aromatic rings. The number of nitrogens with one attached hydrogen (secondary N) is 1. The molecule has 0 aliphatic heterocycles. The first-order valence-electron chi connectivity index (χ1n) is 6.02. The van der Waals surface area contributed by atoms with Crippen LogP contribution in [0.1, 0.15) is 19.8 Å².